The minimum atomic E-state index is 0.104. The van der Waals surface area contributed by atoms with E-state index in [9.17, 15) is 4.79 Å². The van der Waals surface area contributed by atoms with E-state index in [0.29, 0.717) is 31.7 Å². The molecular weight excluding hydrogens is 250 g/mol. The fourth-order valence-corrected chi connectivity index (χ4v) is 2.58. The van der Waals surface area contributed by atoms with Gasteiger partial charge in [-0.05, 0) is 36.1 Å². The fraction of sp³-hybridized carbons (Fsp3) is 0.500. The van der Waals surface area contributed by atoms with Crippen LogP contribution < -0.4 is 0 Å². The van der Waals surface area contributed by atoms with Crippen molar-refractivity contribution in [1.82, 2.24) is 4.90 Å². The Hall–Kier alpha value is -1.06. The van der Waals surface area contributed by atoms with E-state index in [-0.39, 0.29) is 5.91 Å². The molecule has 0 bridgehead atoms. The zero-order valence-electron chi connectivity index (χ0n) is 10.2. The maximum absolute atomic E-state index is 12.4. The second-order valence-corrected chi connectivity index (χ2v) is 5.27. The molecule has 3 rings (SSSR count). The van der Waals surface area contributed by atoms with Gasteiger partial charge in [0.1, 0.15) is 0 Å². The molecule has 1 fully saturated rings. The van der Waals surface area contributed by atoms with Gasteiger partial charge in [0.15, 0.2) is 0 Å². The van der Waals surface area contributed by atoms with Crippen molar-refractivity contribution in [1.29, 1.82) is 0 Å². The van der Waals surface area contributed by atoms with Crippen LogP contribution in [0, 0.1) is 0 Å². The van der Waals surface area contributed by atoms with Gasteiger partial charge >= 0.3 is 0 Å². The minimum absolute atomic E-state index is 0.104. The Bertz CT molecular complexity index is 471. The number of hydrogen-bond acceptors (Lipinski definition) is 2. The number of alkyl halides is 1. The largest absolute Gasteiger partial charge is 0.372 e. The molecule has 96 valence electrons. The van der Waals surface area contributed by atoms with Gasteiger partial charge in [0.2, 0.25) is 0 Å². The summed E-state index contributed by atoms with van der Waals surface area (Å²) >= 11 is 5.78. The summed E-state index contributed by atoms with van der Waals surface area (Å²) < 4.78 is 5.37. The van der Waals surface area contributed by atoms with Crippen molar-refractivity contribution in [2.45, 2.75) is 32.1 Å². The number of ether oxygens (including phenoxy) is 1. The van der Waals surface area contributed by atoms with Crippen molar-refractivity contribution in [3.63, 3.8) is 0 Å². The van der Waals surface area contributed by atoms with Crippen LogP contribution in [0.15, 0.2) is 18.2 Å². The number of carbonyl (C=O) groups is 1. The molecule has 0 aromatic heterocycles. The molecule has 1 heterocycles. The molecular formula is C14H16ClNO2. The maximum atomic E-state index is 12.4. The van der Waals surface area contributed by atoms with E-state index in [1.54, 1.807) is 0 Å². The summed E-state index contributed by atoms with van der Waals surface area (Å²) in [6.45, 7) is 1.92. The van der Waals surface area contributed by atoms with Gasteiger partial charge in [-0.1, -0.05) is 6.07 Å². The molecule has 1 amide bonds. The normalized spacial score (nSPS) is 17.6. The molecule has 4 heteroatoms. The monoisotopic (exact) mass is 265 g/mol. The van der Waals surface area contributed by atoms with Crippen LogP contribution in [0.25, 0.3) is 0 Å². The summed E-state index contributed by atoms with van der Waals surface area (Å²) in [6, 6.07) is 6.27. The number of rotatable bonds is 4. The highest BCUT2D eigenvalue weighted by atomic mass is 35.5. The molecule has 0 radical (unpaired) electrons. The van der Waals surface area contributed by atoms with Gasteiger partial charge in [0.25, 0.3) is 5.91 Å². The third-order valence-corrected chi connectivity index (χ3v) is 3.71. The first-order valence-electron chi connectivity index (χ1n) is 6.36. The van der Waals surface area contributed by atoms with E-state index in [1.807, 2.05) is 23.1 Å². The smallest absolute Gasteiger partial charge is 0.254 e. The number of nitrogens with zero attached hydrogens (tertiary/aromatic N) is 1. The highest BCUT2D eigenvalue weighted by molar-refractivity contribution is 6.18. The van der Waals surface area contributed by atoms with Gasteiger partial charge in [0.05, 0.1) is 13.2 Å². The van der Waals surface area contributed by atoms with Crippen LogP contribution in [0.3, 0.4) is 0 Å². The average molecular weight is 266 g/mol. The summed E-state index contributed by atoms with van der Waals surface area (Å²) in [5.41, 5.74) is 3.10. The maximum Gasteiger partial charge on any atom is 0.254 e. The summed E-state index contributed by atoms with van der Waals surface area (Å²) in [5, 5.41) is 0. The van der Waals surface area contributed by atoms with Crippen LogP contribution in [0.1, 0.15) is 34.3 Å². The Morgan fingerprint density at radius 3 is 2.83 bits per heavy atom. The summed E-state index contributed by atoms with van der Waals surface area (Å²) in [5.74, 6) is 0.601. The number of amides is 1. The van der Waals surface area contributed by atoms with Crippen molar-refractivity contribution < 1.29 is 9.53 Å². The van der Waals surface area contributed by atoms with Crippen molar-refractivity contribution in [3.05, 3.63) is 34.9 Å². The van der Waals surface area contributed by atoms with E-state index < -0.39 is 0 Å². The zero-order valence-corrected chi connectivity index (χ0v) is 10.9. The molecule has 1 aliphatic heterocycles. The standard InChI is InChI=1S/C14H16ClNO2/c15-5-6-16(13-3-4-13)14(17)10-1-2-11-8-18-9-12(11)7-10/h1-2,7,13H,3-6,8-9H2. The number of halogens is 1. The summed E-state index contributed by atoms with van der Waals surface area (Å²) in [7, 11) is 0. The van der Waals surface area contributed by atoms with E-state index in [2.05, 4.69) is 0 Å². The molecule has 0 atom stereocenters. The Morgan fingerprint density at radius 1 is 1.33 bits per heavy atom. The van der Waals surface area contributed by atoms with Crippen LogP contribution in [0.5, 0.6) is 0 Å². The van der Waals surface area contributed by atoms with Crippen molar-refractivity contribution in [2.24, 2.45) is 0 Å². The van der Waals surface area contributed by atoms with Gasteiger partial charge in [-0.2, -0.15) is 0 Å². The second kappa shape index (κ2) is 4.90. The molecule has 0 N–H and O–H groups in total. The van der Waals surface area contributed by atoms with Gasteiger partial charge in [-0.25, -0.2) is 0 Å². The molecule has 0 unspecified atom stereocenters. The fourth-order valence-electron chi connectivity index (χ4n) is 2.40. The number of carbonyl (C=O) groups excluding carboxylic acids is 1. The predicted octanol–water partition coefficient (Wildman–Crippen LogP) is 2.56. The lowest BCUT2D eigenvalue weighted by atomic mass is 10.1. The van der Waals surface area contributed by atoms with Crippen molar-refractivity contribution in [2.75, 3.05) is 12.4 Å². The lowest BCUT2D eigenvalue weighted by Crippen LogP contribution is -2.34. The lowest BCUT2D eigenvalue weighted by molar-refractivity contribution is 0.0753. The Kier molecular flexibility index (Phi) is 3.27. The average Bonchev–Trinajstić information content (AvgIpc) is 3.12. The third kappa shape index (κ3) is 2.25. The number of benzene rings is 1. The van der Waals surface area contributed by atoms with Crippen LogP contribution in [-0.2, 0) is 18.0 Å². The Labute approximate surface area is 112 Å². The van der Waals surface area contributed by atoms with E-state index in [4.69, 9.17) is 16.3 Å². The summed E-state index contributed by atoms with van der Waals surface area (Å²) in [6.07, 6.45) is 2.22. The molecule has 2 aliphatic rings. The van der Waals surface area contributed by atoms with Crippen molar-refractivity contribution >= 4 is 17.5 Å². The van der Waals surface area contributed by atoms with Crippen LogP contribution >= 0.6 is 11.6 Å². The molecule has 1 aromatic carbocycles. The van der Waals surface area contributed by atoms with Gasteiger partial charge < -0.3 is 9.64 Å². The first kappa shape index (κ1) is 12.0. The number of fused-ring (bicyclic) bond motifs is 1. The highest BCUT2D eigenvalue weighted by Crippen LogP contribution is 2.29. The van der Waals surface area contributed by atoms with Crippen molar-refractivity contribution in [3.8, 4) is 0 Å². The second-order valence-electron chi connectivity index (χ2n) is 4.89. The number of hydrogen-bond donors (Lipinski definition) is 0. The lowest BCUT2D eigenvalue weighted by Gasteiger charge is -2.21. The quantitative estimate of drug-likeness (QED) is 0.783. The first-order valence-corrected chi connectivity index (χ1v) is 6.89. The third-order valence-electron chi connectivity index (χ3n) is 3.54. The van der Waals surface area contributed by atoms with Gasteiger partial charge in [-0.15, -0.1) is 11.6 Å². The predicted molar refractivity (Wildman–Crippen MR) is 69.7 cm³/mol. The SMILES string of the molecule is O=C(c1ccc2c(c1)COC2)N(CCCl)C1CC1. The molecule has 1 saturated carbocycles. The molecule has 18 heavy (non-hydrogen) atoms. The molecule has 0 spiro atoms. The highest BCUT2D eigenvalue weighted by Gasteiger charge is 2.32. The van der Waals surface area contributed by atoms with Crippen LogP contribution in [-0.4, -0.2) is 29.3 Å². The van der Waals surface area contributed by atoms with E-state index in [1.165, 1.54) is 5.56 Å². The van der Waals surface area contributed by atoms with E-state index in [0.717, 1.165) is 24.0 Å². The zero-order chi connectivity index (χ0) is 12.5. The van der Waals surface area contributed by atoms with Crippen LogP contribution in [0.2, 0.25) is 0 Å². The Morgan fingerprint density at radius 2 is 2.11 bits per heavy atom. The molecule has 0 saturated heterocycles. The first-order chi connectivity index (χ1) is 8.79. The molecule has 1 aliphatic carbocycles. The topological polar surface area (TPSA) is 29.5 Å². The minimum Gasteiger partial charge on any atom is -0.372 e. The van der Waals surface area contributed by atoms with Gasteiger partial charge in [0, 0.05) is 24.0 Å². The van der Waals surface area contributed by atoms with Crippen LogP contribution in [0.4, 0.5) is 0 Å². The van der Waals surface area contributed by atoms with E-state index >= 15 is 0 Å². The molecule has 3 nitrogen and oxygen atoms in total. The summed E-state index contributed by atoms with van der Waals surface area (Å²) in [4.78, 5) is 14.3. The Balaban J connectivity index is 1.82. The van der Waals surface area contributed by atoms with Gasteiger partial charge in [-0.3, -0.25) is 4.79 Å². The molecule has 1 aromatic rings.